The van der Waals surface area contributed by atoms with Gasteiger partial charge in [-0.2, -0.15) is 0 Å². The normalized spacial score (nSPS) is 9.88. The van der Waals surface area contributed by atoms with E-state index in [2.05, 4.69) is 20.9 Å². The van der Waals surface area contributed by atoms with Crippen molar-refractivity contribution in [1.29, 1.82) is 0 Å². The molecule has 0 aliphatic heterocycles. The molecule has 0 spiro atoms. The summed E-state index contributed by atoms with van der Waals surface area (Å²) in [4.78, 5) is 38.7. The van der Waals surface area contributed by atoms with E-state index >= 15 is 0 Å². The molecule has 2 rings (SSSR count). The number of para-hydroxylation sites is 1. The van der Waals surface area contributed by atoms with Crippen LogP contribution >= 0.6 is 11.6 Å². The first-order chi connectivity index (χ1) is 12.5. The van der Waals surface area contributed by atoms with Gasteiger partial charge in [0.15, 0.2) is 11.8 Å². The number of nitrogens with zero attached hydrogens (tertiary/aromatic N) is 1. The van der Waals surface area contributed by atoms with Gasteiger partial charge < -0.3 is 20.7 Å². The van der Waals surface area contributed by atoms with Crippen molar-refractivity contribution in [2.24, 2.45) is 0 Å². The van der Waals surface area contributed by atoms with E-state index < -0.39 is 24.5 Å². The summed E-state index contributed by atoms with van der Waals surface area (Å²) in [5.74, 6) is -1.15. The SMILES string of the molecule is O=C(COC(=O)CCNC(=O)Nc1ccccc1)Nc1cccnc1Cl. The quantitative estimate of drug-likeness (QED) is 0.508. The van der Waals surface area contributed by atoms with Crippen molar-refractivity contribution in [3.05, 3.63) is 53.8 Å². The highest BCUT2D eigenvalue weighted by molar-refractivity contribution is 6.32. The summed E-state index contributed by atoms with van der Waals surface area (Å²) < 4.78 is 4.83. The molecule has 2 aromatic rings. The van der Waals surface area contributed by atoms with Gasteiger partial charge in [0, 0.05) is 18.4 Å². The van der Waals surface area contributed by atoms with Crippen molar-refractivity contribution in [3.8, 4) is 0 Å². The Kier molecular flexibility index (Phi) is 7.38. The zero-order valence-corrected chi connectivity index (χ0v) is 14.5. The summed E-state index contributed by atoms with van der Waals surface area (Å²) in [6, 6.07) is 11.6. The van der Waals surface area contributed by atoms with Gasteiger partial charge in [-0.05, 0) is 24.3 Å². The predicted molar refractivity (Wildman–Crippen MR) is 96.9 cm³/mol. The lowest BCUT2D eigenvalue weighted by atomic mass is 10.3. The Hall–Kier alpha value is -3.13. The van der Waals surface area contributed by atoms with E-state index in [1.54, 1.807) is 36.4 Å². The molecule has 1 heterocycles. The standard InChI is InChI=1S/C17H17ClN4O4/c18-16-13(7-4-9-19-16)22-14(23)11-26-15(24)8-10-20-17(25)21-12-5-2-1-3-6-12/h1-7,9H,8,10-11H2,(H,22,23)(H2,20,21,25). The number of pyridine rings is 1. The number of hydrogen-bond donors (Lipinski definition) is 3. The van der Waals surface area contributed by atoms with Crippen LogP contribution < -0.4 is 16.0 Å². The largest absolute Gasteiger partial charge is 0.456 e. The molecule has 0 radical (unpaired) electrons. The predicted octanol–water partition coefficient (Wildman–Crippen LogP) is 2.43. The minimum Gasteiger partial charge on any atom is -0.456 e. The molecular formula is C17H17ClN4O4. The number of urea groups is 1. The van der Waals surface area contributed by atoms with Gasteiger partial charge in [0.05, 0.1) is 12.1 Å². The van der Waals surface area contributed by atoms with Gasteiger partial charge in [0.1, 0.15) is 0 Å². The zero-order valence-electron chi connectivity index (χ0n) is 13.7. The van der Waals surface area contributed by atoms with E-state index in [0.717, 1.165) is 0 Å². The third-order valence-electron chi connectivity index (χ3n) is 3.04. The van der Waals surface area contributed by atoms with Crippen LogP contribution in [0.1, 0.15) is 6.42 Å². The number of rotatable bonds is 7. The first-order valence-electron chi connectivity index (χ1n) is 7.70. The Bertz CT molecular complexity index is 770. The molecule has 0 bridgehead atoms. The maximum atomic E-state index is 11.7. The van der Waals surface area contributed by atoms with Crippen molar-refractivity contribution in [1.82, 2.24) is 10.3 Å². The van der Waals surface area contributed by atoms with Crippen LogP contribution in [0.2, 0.25) is 5.15 Å². The smallest absolute Gasteiger partial charge is 0.319 e. The summed E-state index contributed by atoms with van der Waals surface area (Å²) >= 11 is 5.81. The molecule has 0 atom stereocenters. The fraction of sp³-hybridized carbons (Fsp3) is 0.176. The van der Waals surface area contributed by atoms with Crippen molar-refractivity contribution in [3.63, 3.8) is 0 Å². The molecule has 9 heteroatoms. The molecule has 3 amide bonds. The molecule has 0 saturated heterocycles. The Morgan fingerprint density at radius 1 is 1.04 bits per heavy atom. The Morgan fingerprint density at radius 3 is 2.54 bits per heavy atom. The first kappa shape index (κ1) is 19.2. The van der Waals surface area contributed by atoms with E-state index in [-0.39, 0.29) is 18.1 Å². The van der Waals surface area contributed by atoms with Crippen LogP contribution in [0.4, 0.5) is 16.2 Å². The second kappa shape index (κ2) is 10.00. The van der Waals surface area contributed by atoms with Crippen LogP contribution in [0, 0.1) is 0 Å². The fourth-order valence-electron chi connectivity index (χ4n) is 1.86. The second-order valence-electron chi connectivity index (χ2n) is 5.05. The minimum atomic E-state index is -0.613. The maximum absolute atomic E-state index is 11.7. The number of halogens is 1. The monoisotopic (exact) mass is 376 g/mol. The number of hydrogen-bond acceptors (Lipinski definition) is 5. The van der Waals surface area contributed by atoms with Gasteiger partial charge in [0.2, 0.25) is 0 Å². The number of carbonyl (C=O) groups excluding carboxylic acids is 3. The number of aromatic nitrogens is 1. The fourth-order valence-corrected chi connectivity index (χ4v) is 2.03. The number of anilines is 2. The van der Waals surface area contributed by atoms with E-state index in [1.165, 1.54) is 6.20 Å². The average Bonchev–Trinajstić information content (AvgIpc) is 2.63. The van der Waals surface area contributed by atoms with Crippen LogP contribution in [-0.2, 0) is 14.3 Å². The molecule has 1 aromatic heterocycles. The van der Waals surface area contributed by atoms with E-state index in [4.69, 9.17) is 16.3 Å². The molecule has 3 N–H and O–H groups in total. The number of carbonyl (C=O) groups is 3. The van der Waals surface area contributed by atoms with Gasteiger partial charge in [-0.1, -0.05) is 29.8 Å². The van der Waals surface area contributed by atoms with Gasteiger partial charge in [-0.25, -0.2) is 9.78 Å². The lowest BCUT2D eigenvalue weighted by Crippen LogP contribution is -2.31. The summed E-state index contributed by atoms with van der Waals surface area (Å²) in [6.45, 7) is -0.381. The third-order valence-corrected chi connectivity index (χ3v) is 3.34. The highest BCUT2D eigenvalue weighted by atomic mass is 35.5. The van der Waals surface area contributed by atoms with E-state index in [0.29, 0.717) is 11.4 Å². The minimum absolute atomic E-state index is 0.0663. The van der Waals surface area contributed by atoms with Crippen LogP contribution in [0.3, 0.4) is 0 Å². The summed E-state index contributed by atoms with van der Waals surface area (Å²) in [5.41, 5.74) is 0.966. The van der Waals surface area contributed by atoms with Crippen molar-refractivity contribution < 1.29 is 19.1 Å². The first-order valence-corrected chi connectivity index (χ1v) is 8.08. The molecule has 0 saturated carbocycles. The van der Waals surface area contributed by atoms with Crippen molar-refractivity contribution >= 4 is 40.9 Å². The number of ether oxygens (including phenoxy) is 1. The van der Waals surface area contributed by atoms with Crippen LogP contribution in [-0.4, -0.2) is 36.0 Å². The molecule has 26 heavy (non-hydrogen) atoms. The maximum Gasteiger partial charge on any atom is 0.319 e. The zero-order chi connectivity index (χ0) is 18.8. The lowest BCUT2D eigenvalue weighted by Gasteiger charge is -2.08. The molecule has 0 aliphatic rings. The van der Waals surface area contributed by atoms with Crippen LogP contribution in [0.25, 0.3) is 0 Å². The molecule has 1 aromatic carbocycles. The highest BCUT2D eigenvalue weighted by Gasteiger charge is 2.10. The Morgan fingerprint density at radius 2 is 1.81 bits per heavy atom. The second-order valence-corrected chi connectivity index (χ2v) is 5.41. The van der Waals surface area contributed by atoms with Gasteiger partial charge in [-0.3, -0.25) is 9.59 Å². The van der Waals surface area contributed by atoms with Gasteiger partial charge >= 0.3 is 12.0 Å². The summed E-state index contributed by atoms with van der Waals surface area (Å²) in [6.07, 6.45) is 1.42. The van der Waals surface area contributed by atoms with Gasteiger partial charge in [-0.15, -0.1) is 0 Å². The number of esters is 1. The molecule has 0 unspecified atom stereocenters. The van der Waals surface area contributed by atoms with E-state index in [1.807, 2.05) is 6.07 Å². The number of amides is 3. The van der Waals surface area contributed by atoms with Crippen LogP contribution in [0.5, 0.6) is 0 Å². The third kappa shape index (κ3) is 6.78. The Labute approximate surface area is 154 Å². The van der Waals surface area contributed by atoms with Gasteiger partial charge in [0.25, 0.3) is 5.91 Å². The molecule has 0 fully saturated rings. The summed E-state index contributed by atoms with van der Waals surface area (Å²) in [5, 5.41) is 7.75. The van der Waals surface area contributed by atoms with E-state index in [9.17, 15) is 14.4 Å². The molecule has 0 aliphatic carbocycles. The molecule has 8 nitrogen and oxygen atoms in total. The molecular weight excluding hydrogens is 360 g/mol. The number of nitrogens with one attached hydrogen (secondary N) is 3. The van der Waals surface area contributed by atoms with Crippen molar-refractivity contribution in [2.75, 3.05) is 23.8 Å². The summed E-state index contributed by atoms with van der Waals surface area (Å²) in [7, 11) is 0. The van der Waals surface area contributed by atoms with Crippen molar-refractivity contribution in [2.45, 2.75) is 6.42 Å². The molecule has 136 valence electrons. The van der Waals surface area contributed by atoms with Crippen LogP contribution in [0.15, 0.2) is 48.7 Å². The topological polar surface area (TPSA) is 109 Å². The Balaban J connectivity index is 1.62. The highest BCUT2D eigenvalue weighted by Crippen LogP contribution is 2.17. The lowest BCUT2D eigenvalue weighted by molar-refractivity contribution is -0.147. The average molecular weight is 377 g/mol. The number of benzene rings is 1.